The van der Waals surface area contributed by atoms with Gasteiger partial charge in [0.1, 0.15) is 10.3 Å². The van der Waals surface area contributed by atoms with Gasteiger partial charge < -0.3 is 0 Å². The molecule has 0 N–H and O–H groups in total. The van der Waals surface area contributed by atoms with Crippen LogP contribution >= 0.6 is 23.2 Å². The largest absolute Gasteiger partial charge is 0.216 e. The van der Waals surface area contributed by atoms with Gasteiger partial charge >= 0.3 is 0 Å². The molecule has 0 amide bonds. The molecule has 5 heteroatoms. The van der Waals surface area contributed by atoms with Crippen molar-refractivity contribution < 1.29 is 0 Å². The fraction of sp³-hybridized carbons (Fsp3) is 0.400. The van der Waals surface area contributed by atoms with E-state index < -0.39 is 0 Å². The molecule has 0 saturated heterocycles. The first-order valence-corrected chi connectivity index (χ1v) is 5.67. The first-order chi connectivity index (χ1) is 7.24. The number of aromatic nitrogens is 3. The lowest BCUT2D eigenvalue weighted by molar-refractivity contribution is 0.781. The first-order valence-electron chi connectivity index (χ1n) is 4.91. The van der Waals surface area contributed by atoms with Crippen LogP contribution in [0.3, 0.4) is 0 Å². The Labute approximate surface area is 98.0 Å². The Hall–Kier alpha value is -0.800. The predicted molar refractivity (Wildman–Crippen MR) is 61.6 cm³/mol. The number of nitrogens with zero attached hydrogens (tertiary/aromatic N) is 3. The third-order valence-electron chi connectivity index (χ3n) is 2.30. The number of rotatable bonds is 3. The molecule has 0 saturated carbocycles. The summed E-state index contributed by atoms with van der Waals surface area (Å²) in [5.41, 5.74) is 1.57. The Bertz CT molecular complexity index is 479. The molecule has 0 fully saturated rings. The van der Waals surface area contributed by atoms with Gasteiger partial charge in [-0.05, 0) is 12.8 Å². The van der Waals surface area contributed by atoms with Crippen molar-refractivity contribution in [1.29, 1.82) is 0 Å². The van der Waals surface area contributed by atoms with Crippen LogP contribution in [0.2, 0.25) is 10.3 Å². The molecule has 0 bridgehead atoms. The molecule has 0 aliphatic carbocycles. The zero-order chi connectivity index (χ0) is 10.8. The quantitative estimate of drug-likeness (QED) is 0.774. The van der Waals surface area contributed by atoms with Crippen LogP contribution in [0, 0.1) is 0 Å². The highest BCUT2D eigenvalue weighted by Crippen LogP contribution is 2.25. The number of halogens is 2. The second-order valence-corrected chi connectivity index (χ2v) is 4.09. The predicted octanol–water partition coefficient (Wildman–Crippen LogP) is 3.38. The Kier molecular flexibility index (Phi) is 3.12. The van der Waals surface area contributed by atoms with Gasteiger partial charge in [0.2, 0.25) is 0 Å². The Balaban J connectivity index is 2.52. The average Bonchev–Trinajstić information content (AvgIpc) is 2.65. The fourth-order valence-corrected chi connectivity index (χ4v) is 2.11. The van der Waals surface area contributed by atoms with Crippen molar-refractivity contribution in [1.82, 2.24) is 14.6 Å². The lowest BCUT2D eigenvalue weighted by Gasteiger charge is -2.06. The highest BCUT2D eigenvalue weighted by Gasteiger charge is 2.12. The summed E-state index contributed by atoms with van der Waals surface area (Å²) in [6.07, 6.45) is 4.66. The smallest absolute Gasteiger partial charge is 0.158 e. The summed E-state index contributed by atoms with van der Waals surface area (Å²) >= 11 is 12.3. The van der Waals surface area contributed by atoms with Gasteiger partial charge in [-0.2, -0.15) is 5.10 Å². The summed E-state index contributed by atoms with van der Waals surface area (Å²) < 4.78 is 1.61. The summed E-state index contributed by atoms with van der Waals surface area (Å²) in [4.78, 5) is 4.23. The molecule has 2 aromatic rings. The molecule has 0 aromatic carbocycles. The third-order valence-corrected chi connectivity index (χ3v) is 3.00. The SMILES string of the molecule is CCCCc1c(Cl)nc2ccnn2c1Cl. The fourth-order valence-electron chi connectivity index (χ4n) is 1.47. The van der Waals surface area contributed by atoms with Crippen LogP contribution in [0.5, 0.6) is 0 Å². The van der Waals surface area contributed by atoms with Crippen LogP contribution in [-0.4, -0.2) is 14.6 Å². The topological polar surface area (TPSA) is 30.2 Å². The van der Waals surface area contributed by atoms with Crippen molar-refractivity contribution in [3.05, 3.63) is 28.1 Å². The minimum absolute atomic E-state index is 0.487. The minimum Gasteiger partial charge on any atom is -0.216 e. The Morgan fingerprint density at radius 1 is 1.40 bits per heavy atom. The monoisotopic (exact) mass is 243 g/mol. The molecule has 0 spiro atoms. The molecule has 0 aliphatic heterocycles. The second kappa shape index (κ2) is 4.37. The number of hydrogen-bond acceptors (Lipinski definition) is 2. The van der Waals surface area contributed by atoms with Gasteiger partial charge in [-0.15, -0.1) is 0 Å². The van der Waals surface area contributed by atoms with E-state index in [9.17, 15) is 0 Å². The van der Waals surface area contributed by atoms with E-state index in [0.717, 1.165) is 24.8 Å². The Morgan fingerprint density at radius 3 is 2.93 bits per heavy atom. The average molecular weight is 244 g/mol. The van der Waals surface area contributed by atoms with Crippen LogP contribution in [0.1, 0.15) is 25.3 Å². The summed E-state index contributed by atoms with van der Waals surface area (Å²) in [5, 5.41) is 5.15. The van der Waals surface area contributed by atoms with Crippen LogP contribution in [0.15, 0.2) is 12.3 Å². The van der Waals surface area contributed by atoms with Gasteiger partial charge in [0.05, 0.1) is 6.20 Å². The van der Waals surface area contributed by atoms with Crippen molar-refractivity contribution in [2.24, 2.45) is 0 Å². The molecule has 15 heavy (non-hydrogen) atoms. The van der Waals surface area contributed by atoms with E-state index in [2.05, 4.69) is 17.0 Å². The van der Waals surface area contributed by atoms with E-state index in [4.69, 9.17) is 23.2 Å². The molecule has 3 nitrogen and oxygen atoms in total. The van der Waals surface area contributed by atoms with Gasteiger partial charge in [0.15, 0.2) is 5.65 Å². The van der Waals surface area contributed by atoms with E-state index in [1.54, 1.807) is 16.8 Å². The number of hydrogen-bond donors (Lipinski definition) is 0. The van der Waals surface area contributed by atoms with Crippen molar-refractivity contribution in [2.45, 2.75) is 26.2 Å². The minimum atomic E-state index is 0.487. The zero-order valence-corrected chi connectivity index (χ0v) is 9.89. The molecule has 2 rings (SSSR count). The molecule has 0 radical (unpaired) electrons. The molecule has 0 atom stereocenters. The molecule has 2 heterocycles. The van der Waals surface area contributed by atoms with Crippen molar-refractivity contribution in [2.75, 3.05) is 0 Å². The molecular formula is C10H11Cl2N3. The molecule has 0 unspecified atom stereocenters. The summed E-state index contributed by atoms with van der Waals surface area (Å²) in [6.45, 7) is 2.13. The van der Waals surface area contributed by atoms with Crippen LogP contribution in [0.4, 0.5) is 0 Å². The van der Waals surface area contributed by atoms with E-state index in [0.29, 0.717) is 16.0 Å². The van der Waals surface area contributed by atoms with Crippen LogP contribution in [0.25, 0.3) is 5.65 Å². The van der Waals surface area contributed by atoms with Crippen LogP contribution in [-0.2, 0) is 6.42 Å². The number of unbranched alkanes of at least 4 members (excludes halogenated alkanes) is 1. The molecule has 0 aliphatic rings. The lowest BCUT2D eigenvalue weighted by atomic mass is 10.1. The van der Waals surface area contributed by atoms with E-state index in [1.807, 2.05) is 0 Å². The van der Waals surface area contributed by atoms with Gasteiger partial charge in [0.25, 0.3) is 0 Å². The van der Waals surface area contributed by atoms with Gasteiger partial charge in [-0.3, -0.25) is 0 Å². The number of fused-ring (bicyclic) bond motifs is 1. The molecule has 80 valence electrons. The summed E-state index contributed by atoms with van der Waals surface area (Å²) in [5.74, 6) is 0. The zero-order valence-electron chi connectivity index (χ0n) is 8.37. The highest BCUT2D eigenvalue weighted by molar-refractivity contribution is 6.34. The van der Waals surface area contributed by atoms with Crippen molar-refractivity contribution >= 4 is 28.8 Å². The first kappa shape index (κ1) is 10.7. The van der Waals surface area contributed by atoms with E-state index >= 15 is 0 Å². The summed E-state index contributed by atoms with van der Waals surface area (Å²) in [6, 6.07) is 1.78. The van der Waals surface area contributed by atoms with E-state index in [-0.39, 0.29) is 0 Å². The maximum Gasteiger partial charge on any atom is 0.158 e. The van der Waals surface area contributed by atoms with Gasteiger partial charge in [-0.1, -0.05) is 36.5 Å². The Morgan fingerprint density at radius 2 is 2.20 bits per heavy atom. The van der Waals surface area contributed by atoms with E-state index in [1.165, 1.54) is 0 Å². The third kappa shape index (κ3) is 1.94. The molecule has 2 aromatic heterocycles. The van der Waals surface area contributed by atoms with Crippen LogP contribution < -0.4 is 0 Å². The van der Waals surface area contributed by atoms with Crippen molar-refractivity contribution in [3.63, 3.8) is 0 Å². The normalized spacial score (nSPS) is 11.1. The van der Waals surface area contributed by atoms with Gasteiger partial charge in [0, 0.05) is 11.6 Å². The second-order valence-electron chi connectivity index (χ2n) is 3.38. The maximum atomic E-state index is 6.20. The standard InChI is InChI=1S/C10H11Cl2N3/c1-2-3-4-7-9(11)14-8-5-6-13-15(8)10(7)12/h5-6H,2-4H2,1H3. The van der Waals surface area contributed by atoms with Gasteiger partial charge in [-0.25, -0.2) is 9.50 Å². The molecular weight excluding hydrogens is 233 g/mol. The summed E-state index contributed by atoms with van der Waals surface area (Å²) in [7, 11) is 0. The van der Waals surface area contributed by atoms with Crippen molar-refractivity contribution in [3.8, 4) is 0 Å². The highest BCUT2D eigenvalue weighted by atomic mass is 35.5. The lowest BCUT2D eigenvalue weighted by Crippen LogP contribution is -2.00. The maximum absolute atomic E-state index is 6.20.